The SMILES string of the molecule is CC1(C)OB(/C(=C\CC2C(=O)CC3CCCCC32)CC2C(=O)CC3CCCCC32)OC1(C)C. The Kier molecular flexibility index (Phi) is 6.44. The summed E-state index contributed by atoms with van der Waals surface area (Å²) < 4.78 is 12.9. The Bertz CT molecular complexity index is 799. The number of hydrogen-bond acceptors (Lipinski definition) is 4. The molecule has 0 aromatic heterocycles. The lowest BCUT2D eigenvalue weighted by atomic mass is 9.68. The first kappa shape index (κ1) is 23.8. The minimum Gasteiger partial charge on any atom is -0.400 e. The second-order valence-electron chi connectivity index (χ2n) is 12.8. The average molecular weight is 454 g/mol. The highest BCUT2D eigenvalue weighted by atomic mass is 16.7. The predicted octanol–water partition coefficient (Wildman–Crippen LogP) is 6.12. The zero-order chi connectivity index (χ0) is 23.4. The third-order valence-corrected chi connectivity index (χ3v) is 10.4. The molecule has 4 aliphatic carbocycles. The van der Waals surface area contributed by atoms with Crippen LogP contribution in [0.5, 0.6) is 0 Å². The van der Waals surface area contributed by atoms with Gasteiger partial charge in [0.15, 0.2) is 0 Å². The van der Waals surface area contributed by atoms with Gasteiger partial charge in [-0.1, -0.05) is 31.8 Å². The third-order valence-electron chi connectivity index (χ3n) is 10.4. The van der Waals surface area contributed by atoms with Crippen LogP contribution in [0.15, 0.2) is 11.5 Å². The van der Waals surface area contributed by atoms with Crippen LogP contribution < -0.4 is 0 Å². The molecular weight excluding hydrogens is 411 g/mol. The van der Waals surface area contributed by atoms with Crippen LogP contribution in [0.2, 0.25) is 0 Å². The first-order valence-corrected chi connectivity index (χ1v) is 13.8. The summed E-state index contributed by atoms with van der Waals surface area (Å²) in [6.45, 7) is 8.37. The average Bonchev–Trinajstić information content (AvgIpc) is 3.32. The molecule has 182 valence electrons. The summed E-state index contributed by atoms with van der Waals surface area (Å²) in [5.74, 6) is 3.40. The molecule has 4 saturated carbocycles. The number of fused-ring (bicyclic) bond motifs is 2. The standard InChI is InChI=1S/C28H43BO4/c1-27(2)28(3,4)33-29(32-27)20(17-24-22-12-8-6-10-19(22)16-26(24)31)13-14-23-21-11-7-5-9-18(21)15-25(23)30/h13,18-19,21-24H,5-12,14-17H2,1-4H3/b20-13-. The number of carbonyl (C=O) groups is 2. The van der Waals surface area contributed by atoms with E-state index in [-0.39, 0.29) is 11.8 Å². The Morgan fingerprint density at radius 2 is 1.30 bits per heavy atom. The Morgan fingerprint density at radius 1 is 0.818 bits per heavy atom. The summed E-state index contributed by atoms with van der Waals surface area (Å²) >= 11 is 0. The predicted molar refractivity (Wildman–Crippen MR) is 131 cm³/mol. The van der Waals surface area contributed by atoms with Crippen LogP contribution in [0.1, 0.15) is 105 Å². The summed E-state index contributed by atoms with van der Waals surface area (Å²) in [4.78, 5) is 26.0. The smallest absolute Gasteiger partial charge is 0.400 e. The highest BCUT2D eigenvalue weighted by molar-refractivity contribution is 6.54. The maximum absolute atomic E-state index is 13.1. The van der Waals surface area contributed by atoms with Crippen molar-refractivity contribution in [2.45, 2.75) is 116 Å². The van der Waals surface area contributed by atoms with Gasteiger partial charge >= 0.3 is 7.12 Å². The van der Waals surface area contributed by atoms with Gasteiger partial charge in [-0.25, -0.2) is 0 Å². The van der Waals surface area contributed by atoms with Crippen LogP contribution in [-0.2, 0) is 18.9 Å². The number of allylic oxidation sites excluding steroid dienone is 2. The van der Waals surface area contributed by atoms with E-state index in [1.54, 1.807) is 0 Å². The topological polar surface area (TPSA) is 52.6 Å². The molecule has 33 heavy (non-hydrogen) atoms. The van der Waals surface area contributed by atoms with Crippen LogP contribution in [-0.4, -0.2) is 29.9 Å². The van der Waals surface area contributed by atoms with E-state index in [0.717, 1.165) is 31.2 Å². The fraction of sp³-hybridized carbons (Fsp3) is 0.857. The highest BCUT2D eigenvalue weighted by Gasteiger charge is 2.54. The van der Waals surface area contributed by atoms with Crippen molar-refractivity contribution in [3.63, 3.8) is 0 Å². The van der Waals surface area contributed by atoms with Crippen LogP contribution in [0, 0.1) is 35.5 Å². The van der Waals surface area contributed by atoms with Crippen LogP contribution in [0.25, 0.3) is 0 Å². The number of hydrogen-bond donors (Lipinski definition) is 0. The van der Waals surface area contributed by atoms with Crippen molar-refractivity contribution in [1.82, 2.24) is 0 Å². The van der Waals surface area contributed by atoms with Crippen molar-refractivity contribution in [3.05, 3.63) is 11.5 Å². The van der Waals surface area contributed by atoms with E-state index < -0.39 is 18.3 Å². The largest absolute Gasteiger partial charge is 0.490 e. The monoisotopic (exact) mass is 454 g/mol. The zero-order valence-corrected chi connectivity index (χ0v) is 21.2. The maximum Gasteiger partial charge on any atom is 0.490 e. The molecule has 1 aliphatic heterocycles. The summed E-state index contributed by atoms with van der Waals surface area (Å²) in [6.07, 6.45) is 15.2. The van der Waals surface area contributed by atoms with E-state index in [1.165, 1.54) is 51.4 Å². The fourth-order valence-electron chi connectivity index (χ4n) is 7.71. The van der Waals surface area contributed by atoms with Crippen LogP contribution in [0.3, 0.4) is 0 Å². The second-order valence-corrected chi connectivity index (χ2v) is 12.8. The summed E-state index contributed by atoms with van der Waals surface area (Å²) in [5, 5.41) is 0. The van der Waals surface area contributed by atoms with Gasteiger partial charge in [0.25, 0.3) is 0 Å². The minimum atomic E-state index is -0.413. The lowest BCUT2D eigenvalue weighted by Crippen LogP contribution is -2.41. The van der Waals surface area contributed by atoms with Gasteiger partial charge in [0.2, 0.25) is 0 Å². The molecule has 1 heterocycles. The lowest BCUT2D eigenvalue weighted by Gasteiger charge is -2.32. The molecule has 0 aromatic carbocycles. The summed E-state index contributed by atoms with van der Waals surface area (Å²) in [6, 6.07) is 0. The number of ketones is 2. The Labute approximate surface area is 200 Å². The van der Waals surface area contributed by atoms with Crippen LogP contribution >= 0.6 is 0 Å². The van der Waals surface area contributed by atoms with Crippen molar-refractivity contribution in [2.24, 2.45) is 35.5 Å². The quantitative estimate of drug-likeness (QED) is 0.470. The first-order valence-electron chi connectivity index (χ1n) is 13.8. The molecule has 0 N–H and O–H groups in total. The zero-order valence-electron chi connectivity index (χ0n) is 21.2. The molecular formula is C28H43BO4. The molecule has 5 heteroatoms. The second kappa shape index (κ2) is 8.93. The van der Waals surface area contributed by atoms with E-state index in [4.69, 9.17) is 9.31 Å². The van der Waals surface area contributed by atoms with Crippen molar-refractivity contribution in [2.75, 3.05) is 0 Å². The molecule has 6 atom stereocenters. The fourth-order valence-corrected chi connectivity index (χ4v) is 7.71. The van der Waals surface area contributed by atoms with Gasteiger partial charge in [0.1, 0.15) is 11.6 Å². The van der Waals surface area contributed by atoms with E-state index in [0.29, 0.717) is 35.2 Å². The van der Waals surface area contributed by atoms with Crippen molar-refractivity contribution in [1.29, 1.82) is 0 Å². The molecule has 0 amide bonds. The highest BCUT2D eigenvalue weighted by Crippen LogP contribution is 2.49. The minimum absolute atomic E-state index is 0.0993. The van der Waals surface area contributed by atoms with Gasteiger partial charge in [-0.15, -0.1) is 0 Å². The van der Waals surface area contributed by atoms with Crippen molar-refractivity contribution in [3.8, 4) is 0 Å². The van der Waals surface area contributed by atoms with E-state index >= 15 is 0 Å². The molecule has 0 spiro atoms. The lowest BCUT2D eigenvalue weighted by molar-refractivity contribution is -0.122. The van der Waals surface area contributed by atoms with E-state index in [9.17, 15) is 9.59 Å². The van der Waals surface area contributed by atoms with Gasteiger partial charge in [0, 0.05) is 24.7 Å². The van der Waals surface area contributed by atoms with Gasteiger partial charge in [-0.3, -0.25) is 9.59 Å². The van der Waals surface area contributed by atoms with E-state index in [2.05, 4.69) is 33.8 Å². The Morgan fingerprint density at radius 3 is 1.88 bits per heavy atom. The van der Waals surface area contributed by atoms with E-state index in [1.807, 2.05) is 0 Å². The molecule has 0 aromatic rings. The number of Topliss-reactive ketones (excluding diaryl/α,β-unsaturated/α-hetero) is 2. The number of rotatable bonds is 5. The summed E-state index contributed by atoms with van der Waals surface area (Å²) in [5.41, 5.74) is 0.313. The molecule has 0 radical (unpaired) electrons. The Hall–Kier alpha value is -0.935. The first-order chi connectivity index (χ1) is 15.7. The summed E-state index contributed by atoms with van der Waals surface area (Å²) in [7, 11) is -0.413. The molecule has 1 saturated heterocycles. The van der Waals surface area contributed by atoms with Crippen molar-refractivity contribution < 1.29 is 18.9 Å². The van der Waals surface area contributed by atoms with Crippen LogP contribution in [0.4, 0.5) is 0 Å². The molecule has 5 rings (SSSR count). The van der Waals surface area contributed by atoms with Gasteiger partial charge < -0.3 is 9.31 Å². The molecule has 0 bridgehead atoms. The normalized spacial score (nSPS) is 40.2. The molecule has 5 fully saturated rings. The molecule has 6 unspecified atom stereocenters. The number of carbonyl (C=O) groups excluding carboxylic acids is 2. The maximum atomic E-state index is 13.1. The van der Waals surface area contributed by atoms with Gasteiger partial charge in [-0.05, 0) is 95.4 Å². The van der Waals surface area contributed by atoms with Crippen molar-refractivity contribution >= 4 is 18.7 Å². The molecule has 4 nitrogen and oxygen atoms in total. The van der Waals surface area contributed by atoms with Gasteiger partial charge in [0.05, 0.1) is 11.2 Å². The third kappa shape index (κ3) is 4.42. The molecule has 5 aliphatic rings. The van der Waals surface area contributed by atoms with Gasteiger partial charge in [-0.2, -0.15) is 0 Å². The Balaban J connectivity index is 1.38.